The Morgan fingerprint density at radius 1 is 0.419 bits per heavy atom. The van der Waals surface area contributed by atoms with Crippen molar-refractivity contribution < 1.29 is 0 Å². The largest absolute Gasteiger partial charge is 0.311 e. The van der Waals surface area contributed by atoms with Crippen LogP contribution >= 0.6 is 0 Å². The van der Waals surface area contributed by atoms with Gasteiger partial charge in [0.25, 0.3) is 0 Å². The third-order valence-electron chi connectivity index (χ3n) is 7.99. The van der Waals surface area contributed by atoms with Gasteiger partial charge in [-0.2, -0.15) is 0 Å². The lowest BCUT2D eigenvalue weighted by Crippen LogP contribution is -2.09. The molecule has 1 heteroatoms. The molecule has 1 nitrogen and oxygen atoms in total. The summed E-state index contributed by atoms with van der Waals surface area (Å²) in [6.07, 6.45) is 5.91. The van der Waals surface area contributed by atoms with Crippen molar-refractivity contribution in [1.82, 2.24) is 0 Å². The summed E-state index contributed by atoms with van der Waals surface area (Å²) in [5.41, 5.74) is 9.47. The molecule has 0 aliphatic rings. The number of anilines is 3. The smallest absolute Gasteiger partial charge is 0.0462 e. The Hall–Kier alpha value is -5.66. The van der Waals surface area contributed by atoms with Crippen molar-refractivity contribution in [2.45, 2.75) is 0 Å². The minimum Gasteiger partial charge on any atom is -0.311 e. The van der Waals surface area contributed by atoms with Crippen LogP contribution in [0.3, 0.4) is 0 Å². The molecule has 0 aliphatic carbocycles. The fourth-order valence-corrected chi connectivity index (χ4v) is 5.81. The predicted octanol–water partition coefficient (Wildman–Crippen LogP) is 12.0. The van der Waals surface area contributed by atoms with E-state index in [0.717, 1.165) is 17.1 Å². The van der Waals surface area contributed by atoms with Gasteiger partial charge in [-0.05, 0) is 104 Å². The first kappa shape index (κ1) is 26.3. The van der Waals surface area contributed by atoms with E-state index in [4.69, 9.17) is 0 Å². The normalized spacial score (nSPS) is 11.3. The fraction of sp³-hybridized carbons (Fsp3) is 0. The zero-order valence-corrected chi connectivity index (χ0v) is 23.9. The molecule has 7 aromatic rings. The van der Waals surface area contributed by atoms with E-state index in [1.807, 2.05) is 12.2 Å². The van der Waals surface area contributed by atoms with Crippen LogP contribution in [0.1, 0.15) is 5.56 Å². The van der Waals surface area contributed by atoms with Crippen LogP contribution < -0.4 is 4.90 Å². The monoisotopic (exact) mass is 549 g/mol. The number of fused-ring (bicyclic) bond motifs is 2. The number of hydrogen-bond donors (Lipinski definition) is 0. The summed E-state index contributed by atoms with van der Waals surface area (Å²) in [6, 6.07) is 56.6. The average Bonchev–Trinajstić information content (AvgIpc) is 3.08. The number of benzene rings is 7. The predicted molar refractivity (Wildman–Crippen MR) is 186 cm³/mol. The summed E-state index contributed by atoms with van der Waals surface area (Å²) in [5.74, 6) is 0. The molecule has 0 bridgehead atoms. The van der Waals surface area contributed by atoms with Crippen molar-refractivity contribution in [3.8, 4) is 22.3 Å². The maximum Gasteiger partial charge on any atom is 0.0462 e. The molecule has 0 amide bonds. The Bertz CT molecular complexity index is 2030. The number of nitrogens with zero attached hydrogens (tertiary/aromatic N) is 1. The van der Waals surface area contributed by atoms with Crippen molar-refractivity contribution in [2.24, 2.45) is 0 Å². The molecule has 0 radical (unpaired) electrons. The molecule has 7 rings (SSSR count). The first-order valence-corrected chi connectivity index (χ1v) is 14.6. The van der Waals surface area contributed by atoms with Crippen LogP contribution in [0.5, 0.6) is 0 Å². The van der Waals surface area contributed by atoms with Crippen LogP contribution in [0, 0.1) is 0 Å². The lowest BCUT2D eigenvalue weighted by atomic mass is 9.95. The SMILES string of the molecule is C=C/C=C\c1cccc2cc(-c3ccc4cc(-c5ccc(N(c6ccccc6)c6ccccc6)cc5)ccc4c3)ccc12. The van der Waals surface area contributed by atoms with E-state index in [1.165, 1.54) is 49.4 Å². The average molecular weight is 550 g/mol. The van der Waals surface area contributed by atoms with Crippen molar-refractivity contribution in [3.63, 3.8) is 0 Å². The molecule has 0 spiro atoms. The maximum absolute atomic E-state index is 3.80. The summed E-state index contributed by atoms with van der Waals surface area (Å²) in [4.78, 5) is 2.29. The van der Waals surface area contributed by atoms with Crippen LogP contribution in [-0.2, 0) is 0 Å². The highest BCUT2D eigenvalue weighted by molar-refractivity contribution is 5.96. The molecule has 0 saturated heterocycles. The van der Waals surface area contributed by atoms with Crippen molar-refractivity contribution in [1.29, 1.82) is 0 Å². The van der Waals surface area contributed by atoms with Crippen LogP contribution in [0.25, 0.3) is 49.9 Å². The lowest BCUT2D eigenvalue weighted by molar-refractivity contribution is 1.28. The van der Waals surface area contributed by atoms with Gasteiger partial charge in [-0.3, -0.25) is 0 Å². The number of hydrogen-bond acceptors (Lipinski definition) is 1. The van der Waals surface area contributed by atoms with E-state index in [1.54, 1.807) is 0 Å². The molecule has 204 valence electrons. The summed E-state index contributed by atoms with van der Waals surface area (Å²) < 4.78 is 0. The van der Waals surface area contributed by atoms with Crippen LogP contribution in [0.15, 0.2) is 176 Å². The van der Waals surface area contributed by atoms with Gasteiger partial charge in [0, 0.05) is 17.1 Å². The van der Waals surface area contributed by atoms with E-state index >= 15 is 0 Å². The van der Waals surface area contributed by atoms with Crippen LogP contribution in [0.2, 0.25) is 0 Å². The van der Waals surface area contributed by atoms with Crippen molar-refractivity contribution in [3.05, 3.63) is 182 Å². The summed E-state index contributed by atoms with van der Waals surface area (Å²) >= 11 is 0. The minimum atomic E-state index is 1.13. The van der Waals surface area contributed by atoms with Crippen LogP contribution in [-0.4, -0.2) is 0 Å². The van der Waals surface area contributed by atoms with Gasteiger partial charge in [-0.15, -0.1) is 0 Å². The molecule has 0 atom stereocenters. The highest BCUT2D eigenvalue weighted by Crippen LogP contribution is 2.36. The number of para-hydroxylation sites is 2. The first-order chi connectivity index (χ1) is 21.3. The third-order valence-corrected chi connectivity index (χ3v) is 7.99. The van der Waals surface area contributed by atoms with Gasteiger partial charge in [0.2, 0.25) is 0 Å². The molecule has 0 aliphatic heterocycles. The van der Waals surface area contributed by atoms with Gasteiger partial charge in [0.1, 0.15) is 0 Å². The zero-order valence-electron chi connectivity index (χ0n) is 23.9. The van der Waals surface area contributed by atoms with E-state index in [2.05, 4.69) is 175 Å². The standard InChI is InChI=1S/C42H31N/c1-2-3-11-32-12-10-13-38-30-37(24-27-42(32)38)36-21-20-34-28-33(18-19-35(34)29-36)31-22-25-41(26-23-31)43(39-14-6-4-7-15-39)40-16-8-5-9-17-40/h2-30H,1H2/b11-3-. The number of allylic oxidation sites excluding steroid dienone is 2. The summed E-state index contributed by atoms with van der Waals surface area (Å²) in [6.45, 7) is 3.80. The Balaban J connectivity index is 1.18. The fourth-order valence-electron chi connectivity index (χ4n) is 5.81. The molecule has 0 N–H and O–H groups in total. The Kier molecular flexibility index (Phi) is 7.13. The second-order valence-electron chi connectivity index (χ2n) is 10.7. The van der Waals surface area contributed by atoms with E-state index in [0.29, 0.717) is 0 Å². The molecular formula is C42H31N. The van der Waals surface area contributed by atoms with Gasteiger partial charge in [-0.1, -0.05) is 128 Å². The second kappa shape index (κ2) is 11.7. The highest BCUT2D eigenvalue weighted by atomic mass is 15.1. The Morgan fingerprint density at radius 3 is 1.53 bits per heavy atom. The Labute approximate surface area is 253 Å². The molecule has 7 aromatic carbocycles. The van der Waals surface area contributed by atoms with Crippen molar-refractivity contribution >= 4 is 44.7 Å². The summed E-state index contributed by atoms with van der Waals surface area (Å²) in [5, 5.41) is 4.95. The lowest BCUT2D eigenvalue weighted by Gasteiger charge is -2.25. The van der Waals surface area contributed by atoms with E-state index < -0.39 is 0 Å². The van der Waals surface area contributed by atoms with E-state index in [-0.39, 0.29) is 0 Å². The van der Waals surface area contributed by atoms with Crippen LogP contribution in [0.4, 0.5) is 17.1 Å². The van der Waals surface area contributed by atoms with Gasteiger partial charge in [0.15, 0.2) is 0 Å². The molecule has 0 aromatic heterocycles. The number of rotatable bonds is 7. The second-order valence-corrected chi connectivity index (χ2v) is 10.7. The topological polar surface area (TPSA) is 3.24 Å². The van der Waals surface area contributed by atoms with Gasteiger partial charge in [-0.25, -0.2) is 0 Å². The zero-order chi connectivity index (χ0) is 29.0. The molecule has 0 unspecified atom stereocenters. The van der Waals surface area contributed by atoms with E-state index in [9.17, 15) is 0 Å². The van der Waals surface area contributed by atoms with Gasteiger partial charge in [0.05, 0.1) is 0 Å². The molecule has 0 saturated carbocycles. The summed E-state index contributed by atoms with van der Waals surface area (Å²) in [7, 11) is 0. The van der Waals surface area contributed by atoms with Crippen molar-refractivity contribution in [2.75, 3.05) is 4.90 Å². The molecule has 0 fully saturated rings. The third kappa shape index (κ3) is 5.37. The minimum absolute atomic E-state index is 1.13. The highest BCUT2D eigenvalue weighted by Gasteiger charge is 2.12. The molecule has 43 heavy (non-hydrogen) atoms. The quantitative estimate of drug-likeness (QED) is 0.179. The maximum atomic E-state index is 3.80. The first-order valence-electron chi connectivity index (χ1n) is 14.6. The molecular weight excluding hydrogens is 518 g/mol. The van der Waals surface area contributed by atoms with Gasteiger partial charge < -0.3 is 4.90 Å². The molecule has 0 heterocycles. The Morgan fingerprint density at radius 2 is 0.930 bits per heavy atom. The van der Waals surface area contributed by atoms with Gasteiger partial charge >= 0.3 is 0 Å².